The predicted molar refractivity (Wildman–Crippen MR) is 76.7 cm³/mol. The van der Waals surface area contributed by atoms with Gasteiger partial charge in [-0.3, -0.25) is 14.9 Å². The van der Waals surface area contributed by atoms with Crippen molar-refractivity contribution in [2.24, 2.45) is 0 Å². The minimum atomic E-state index is -0.497. The van der Waals surface area contributed by atoms with E-state index in [0.717, 1.165) is 5.69 Å². The second-order valence-corrected chi connectivity index (χ2v) is 5.01. The number of anilines is 2. The van der Waals surface area contributed by atoms with Crippen LogP contribution in [0.25, 0.3) is 0 Å². The maximum Gasteiger partial charge on any atom is 0.296 e. The van der Waals surface area contributed by atoms with Crippen LogP contribution in [0, 0.1) is 10.1 Å². The molecule has 0 saturated heterocycles. The standard InChI is InChI=1S/C12H10N4O4S/c17-12-4-20-11-2-10(16(18)19)8(1-9(11)15-12)13-3-7-5-21-6-14-7/h1-2,5-6,13H,3-4H2,(H,15,17). The highest BCUT2D eigenvalue weighted by Crippen LogP contribution is 2.37. The van der Waals surface area contributed by atoms with Crippen LogP contribution in [-0.4, -0.2) is 22.4 Å². The summed E-state index contributed by atoms with van der Waals surface area (Å²) in [5.41, 5.74) is 3.08. The molecule has 1 aromatic heterocycles. The highest BCUT2D eigenvalue weighted by Gasteiger charge is 2.23. The van der Waals surface area contributed by atoms with E-state index < -0.39 is 4.92 Å². The van der Waals surface area contributed by atoms with Crippen LogP contribution >= 0.6 is 11.3 Å². The molecule has 9 heteroatoms. The fourth-order valence-corrected chi connectivity index (χ4v) is 2.48. The molecule has 0 spiro atoms. The predicted octanol–water partition coefficient (Wildman–Crippen LogP) is 1.99. The van der Waals surface area contributed by atoms with Crippen molar-refractivity contribution in [2.75, 3.05) is 17.2 Å². The Kier molecular flexibility index (Phi) is 3.40. The van der Waals surface area contributed by atoms with Crippen LogP contribution in [0.5, 0.6) is 5.75 Å². The number of hydrogen-bond donors (Lipinski definition) is 2. The zero-order valence-electron chi connectivity index (χ0n) is 10.7. The molecule has 2 aromatic rings. The van der Waals surface area contributed by atoms with Gasteiger partial charge in [0.25, 0.3) is 11.6 Å². The Morgan fingerprint density at radius 2 is 2.38 bits per heavy atom. The summed E-state index contributed by atoms with van der Waals surface area (Å²) in [6.07, 6.45) is 0. The van der Waals surface area contributed by atoms with Gasteiger partial charge in [0.05, 0.1) is 34.4 Å². The van der Waals surface area contributed by atoms with Gasteiger partial charge >= 0.3 is 0 Å². The van der Waals surface area contributed by atoms with Crippen molar-refractivity contribution in [1.82, 2.24) is 4.98 Å². The molecule has 108 valence electrons. The summed E-state index contributed by atoms with van der Waals surface area (Å²) in [7, 11) is 0. The average Bonchev–Trinajstić information content (AvgIpc) is 2.97. The van der Waals surface area contributed by atoms with Gasteiger partial charge in [-0.15, -0.1) is 11.3 Å². The van der Waals surface area contributed by atoms with E-state index in [1.165, 1.54) is 23.5 Å². The third kappa shape index (κ3) is 2.77. The number of thiazole rings is 1. The molecule has 21 heavy (non-hydrogen) atoms. The third-order valence-corrected chi connectivity index (χ3v) is 3.51. The molecule has 0 aliphatic carbocycles. The molecule has 0 bridgehead atoms. The smallest absolute Gasteiger partial charge is 0.296 e. The monoisotopic (exact) mass is 306 g/mol. The maximum atomic E-state index is 11.3. The molecule has 2 N–H and O–H groups in total. The van der Waals surface area contributed by atoms with Crippen LogP contribution in [-0.2, 0) is 11.3 Å². The lowest BCUT2D eigenvalue weighted by Crippen LogP contribution is -2.25. The molecule has 0 saturated carbocycles. The Labute approximate surface area is 122 Å². The number of aromatic nitrogens is 1. The van der Waals surface area contributed by atoms with Crippen LogP contribution in [0.3, 0.4) is 0 Å². The van der Waals surface area contributed by atoms with Crippen LogP contribution < -0.4 is 15.4 Å². The Morgan fingerprint density at radius 3 is 3.10 bits per heavy atom. The Bertz CT molecular complexity index is 702. The molecular weight excluding hydrogens is 296 g/mol. The van der Waals surface area contributed by atoms with E-state index in [0.29, 0.717) is 23.7 Å². The lowest BCUT2D eigenvalue weighted by molar-refractivity contribution is -0.384. The number of fused-ring (bicyclic) bond motifs is 1. The first-order valence-electron chi connectivity index (χ1n) is 5.99. The molecule has 8 nitrogen and oxygen atoms in total. The van der Waals surface area contributed by atoms with Gasteiger partial charge in [-0.1, -0.05) is 0 Å². The number of rotatable bonds is 4. The maximum absolute atomic E-state index is 11.3. The number of nitro groups is 1. The summed E-state index contributed by atoms with van der Waals surface area (Å²) >= 11 is 1.45. The van der Waals surface area contributed by atoms with Crippen molar-refractivity contribution < 1.29 is 14.5 Å². The molecule has 1 aliphatic rings. The summed E-state index contributed by atoms with van der Waals surface area (Å²) < 4.78 is 5.18. The van der Waals surface area contributed by atoms with E-state index in [1.54, 1.807) is 5.51 Å². The van der Waals surface area contributed by atoms with Crippen molar-refractivity contribution in [1.29, 1.82) is 0 Å². The second-order valence-electron chi connectivity index (χ2n) is 4.29. The lowest BCUT2D eigenvalue weighted by atomic mass is 10.2. The summed E-state index contributed by atoms with van der Waals surface area (Å²) in [6.45, 7) is 0.216. The van der Waals surface area contributed by atoms with E-state index in [-0.39, 0.29) is 18.2 Å². The summed E-state index contributed by atoms with van der Waals surface area (Å²) in [4.78, 5) is 26.0. The zero-order chi connectivity index (χ0) is 14.8. The molecule has 0 unspecified atom stereocenters. The molecule has 2 heterocycles. The van der Waals surface area contributed by atoms with Crippen molar-refractivity contribution in [3.05, 3.63) is 38.8 Å². The van der Waals surface area contributed by atoms with Gasteiger partial charge in [-0.25, -0.2) is 4.98 Å². The van der Waals surface area contributed by atoms with Crippen LogP contribution in [0.2, 0.25) is 0 Å². The van der Waals surface area contributed by atoms with Crippen LogP contribution in [0.1, 0.15) is 5.69 Å². The van der Waals surface area contributed by atoms with Gasteiger partial charge in [-0.2, -0.15) is 0 Å². The Hall–Kier alpha value is -2.68. The summed E-state index contributed by atoms with van der Waals surface area (Å²) in [5, 5.41) is 18.6. The minimum Gasteiger partial charge on any atom is -0.481 e. The molecule has 1 amide bonds. The average molecular weight is 306 g/mol. The number of carbonyl (C=O) groups excluding carboxylic acids is 1. The van der Waals surface area contributed by atoms with Gasteiger partial charge in [0.2, 0.25) is 0 Å². The van der Waals surface area contributed by atoms with Crippen LogP contribution in [0.4, 0.5) is 17.1 Å². The molecule has 0 fully saturated rings. The summed E-state index contributed by atoms with van der Waals surface area (Å²) in [6, 6.07) is 2.80. The second kappa shape index (κ2) is 5.37. The van der Waals surface area contributed by atoms with E-state index in [2.05, 4.69) is 15.6 Å². The van der Waals surface area contributed by atoms with E-state index in [1.807, 2.05) is 5.38 Å². The van der Waals surface area contributed by atoms with Gasteiger partial charge < -0.3 is 15.4 Å². The number of nitrogens with one attached hydrogen (secondary N) is 2. The van der Waals surface area contributed by atoms with Crippen molar-refractivity contribution in [2.45, 2.75) is 6.54 Å². The molecule has 0 atom stereocenters. The third-order valence-electron chi connectivity index (χ3n) is 2.87. The fraction of sp³-hybridized carbons (Fsp3) is 0.167. The van der Waals surface area contributed by atoms with E-state index in [4.69, 9.17) is 4.74 Å². The minimum absolute atomic E-state index is 0.111. The lowest BCUT2D eigenvalue weighted by Gasteiger charge is -2.19. The molecule has 1 aliphatic heterocycles. The quantitative estimate of drug-likeness (QED) is 0.661. The Balaban J connectivity index is 1.91. The normalized spacial score (nSPS) is 13.0. The molecule has 0 radical (unpaired) electrons. The number of benzene rings is 1. The van der Waals surface area contributed by atoms with Gasteiger partial charge in [0, 0.05) is 5.38 Å². The number of carbonyl (C=O) groups is 1. The van der Waals surface area contributed by atoms with Gasteiger partial charge in [0.15, 0.2) is 12.4 Å². The summed E-state index contributed by atoms with van der Waals surface area (Å²) in [5.74, 6) is 0.00214. The number of hydrogen-bond acceptors (Lipinski definition) is 7. The highest BCUT2D eigenvalue weighted by atomic mass is 32.1. The first kappa shape index (κ1) is 13.3. The molecule has 1 aromatic carbocycles. The van der Waals surface area contributed by atoms with E-state index >= 15 is 0 Å². The zero-order valence-corrected chi connectivity index (χ0v) is 11.5. The Morgan fingerprint density at radius 1 is 1.52 bits per heavy atom. The number of nitrogens with zero attached hydrogens (tertiary/aromatic N) is 2. The first-order chi connectivity index (χ1) is 10.1. The number of ether oxygens (including phenoxy) is 1. The topological polar surface area (TPSA) is 106 Å². The largest absolute Gasteiger partial charge is 0.481 e. The van der Waals surface area contributed by atoms with Gasteiger partial charge in [-0.05, 0) is 6.07 Å². The van der Waals surface area contributed by atoms with Crippen LogP contribution in [0.15, 0.2) is 23.0 Å². The van der Waals surface area contributed by atoms with Gasteiger partial charge in [0.1, 0.15) is 5.69 Å². The molecule has 3 rings (SSSR count). The van der Waals surface area contributed by atoms with Crippen molar-refractivity contribution >= 4 is 34.3 Å². The number of nitro benzene ring substituents is 1. The number of amides is 1. The fourth-order valence-electron chi connectivity index (χ4n) is 1.92. The SMILES string of the molecule is O=C1COc2cc([N+](=O)[O-])c(NCc3cscn3)cc2N1. The van der Waals surface area contributed by atoms with Crippen molar-refractivity contribution in [3.8, 4) is 5.75 Å². The van der Waals surface area contributed by atoms with Crippen molar-refractivity contribution in [3.63, 3.8) is 0 Å². The van der Waals surface area contributed by atoms with E-state index in [9.17, 15) is 14.9 Å². The molecular formula is C12H10N4O4S. The highest BCUT2D eigenvalue weighted by molar-refractivity contribution is 7.07. The first-order valence-corrected chi connectivity index (χ1v) is 6.94.